The van der Waals surface area contributed by atoms with Gasteiger partial charge < -0.3 is 40.8 Å². The molecule has 272 valence electrons. The molecule has 0 spiro atoms. The molecule has 1 unspecified atom stereocenters. The fourth-order valence-electron chi connectivity index (χ4n) is 5.59. The van der Waals surface area contributed by atoms with Gasteiger partial charge in [0.2, 0.25) is 17.7 Å². The third kappa shape index (κ3) is 8.89. The van der Waals surface area contributed by atoms with E-state index in [9.17, 15) is 33.5 Å². The molecule has 0 aliphatic carbocycles. The van der Waals surface area contributed by atoms with E-state index in [1.165, 1.54) is 13.0 Å². The summed E-state index contributed by atoms with van der Waals surface area (Å²) in [6.07, 6.45) is 0.279. The van der Waals surface area contributed by atoms with E-state index in [1.54, 1.807) is 23.6 Å². The monoisotopic (exact) mass is 698 g/mol. The van der Waals surface area contributed by atoms with Crippen LogP contribution in [0.2, 0.25) is 0 Å². The first-order valence-corrected chi connectivity index (χ1v) is 16.8. The maximum absolute atomic E-state index is 14.6. The number of aliphatic hydroxyl groups excluding tert-OH is 1. The average Bonchev–Trinajstić information content (AvgIpc) is 3.48. The molecule has 0 saturated carbocycles. The Kier molecular flexibility index (Phi) is 14.5. The minimum absolute atomic E-state index is 0.0734. The number of aromatic nitrogens is 2. The number of carbonyl (C=O) groups is 4. The quantitative estimate of drug-likeness (QED) is 0.0827. The summed E-state index contributed by atoms with van der Waals surface area (Å²) in [6, 6.07) is 3.86. The van der Waals surface area contributed by atoms with Crippen molar-refractivity contribution in [2.45, 2.75) is 86.1 Å². The minimum Gasteiger partial charge on any atom is -0.458 e. The van der Waals surface area contributed by atoms with Crippen LogP contribution in [0.5, 0.6) is 0 Å². The van der Waals surface area contributed by atoms with Crippen LogP contribution >= 0.6 is 0 Å². The van der Waals surface area contributed by atoms with Gasteiger partial charge in [-0.1, -0.05) is 27.7 Å². The summed E-state index contributed by atoms with van der Waals surface area (Å²) >= 11 is 0. The number of aryl methyl sites for hydroxylation is 2. The zero-order valence-corrected chi connectivity index (χ0v) is 29.4. The fourth-order valence-corrected chi connectivity index (χ4v) is 5.59. The maximum Gasteiger partial charge on any atom is 0.340 e. The Morgan fingerprint density at radius 2 is 1.82 bits per heavy atom. The Balaban J connectivity index is 0.00000163. The highest BCUT2D eigenvalue weighted by Gasteiger charge is 2.34. The molecule has 2 aromatic heterocycles. The lowest BCUT2D eigenvalue weighted by atomic mass is 9.94. The lowest BCUT2D eigenvalue weighted by Crippen LogP contribution is -2.48. The molecular formula is C35H47FN6O8. The lowest BCUT2D eigenvalue weighted by Gasteiger charge is -2.21. The first kappa shape index (κ1) is 39.7. The van der Waals surface area contributed by atoms with E-state index in [1.807, 2.05) is 27.7 Å². The van der Waals surface area contributed by atoms with Gasteiger partial charge in [-0.3, -0.25) is 19.2 Å². The number of amides is 3. The summed E-state index contributed by atoms with van der Waals surface area (Å²) in [5, 5.41) is 18.5. The van der Waals surface area contributed by atoms with Gasteiger partial charge in [0.05, 0.1) is 42.1 Å². The molecule has 6 N–H and O–H groups in total. The number of nitrogens with zero attached hydrogens (tertiary/aromatic N) is 2. The highest BCUT2D eigenvalue weighted by atomic mass is 19.1. The number of ether oxygens (including phenoxy) is 2. The molecule has 2 aliphatic rings. The smallest absolute Gasteiger partial charge is 0.340 e. The highest BCUT2D eigenvalue weighted by molar-refractivity contribution is 5.90. The van der Waals surface area contributed by atoms with Crippen molar-refractivity contribution in [3.63, 3.8) is 0 Å². The number of benzene rings is 1. The molecule has 2 atom stereocenters. The minimum atomic E-state index is -1.58. The number of cyclic esters (lactones) is 1. The van der Waals surface area contributed by atoms with Gasteiger partial charge >= 0.3 is 5.97 Å². The van der Waals surface area contributed by atoms with E-state index in [4.69, 9.17) is 20.2 Å². The molecule has 50 heavy (non-hydrogen) atoms. The molecule has 1 aromatic carbocycles. The van der Waals surface area contributed by atoms with Crippen LogP contribution in [0.1, 0.15) is 81.4 Å². The van der Waals surface area contributed by atoms with Gasteiger partial charge in [-0.05, 0) is 56.4 Å². The molecule has 0 saturated heterocycles. The van der Waals surface area contributed by atoms with Crippen LogP contribution in [-0.2, 0) is 48.2 Å². The number of fused-ring (bicyclic) bond motifs is 5. The Bertz CT molecular complexity index is 1790. The largest absolute Gasteiger partial charge is 0.458 e. The molecule has 0 radical (unpaired) electrons. The van der Waals surface area contributed by atoms with E-state index < -0.39 is 41.7 Å². The topological polar surface area (TPSA) is 204 Å². The molecule has 3 amide bonds. The van der Waals surface area contributed by atoms with Gasteiger partial charge in [0, 0.05) is 29.2 Å². The van der Waals surface area contributed by atoms with Gasteiger partial charge in [-0.25, -0.2) is 14.2 Å². The third-order valence-electron chi connectivity index (χ3n) is 8.07. The molecule has 5 rings (SSSR count). The van der Waals surface area contributed by atoms with E-state index >= 15 is 0 Å². The van der Waals surface area contributed by atoms with Gasteiger partial charge in [0.25, 0.3) is 5.56 Å². The van der Waals surface area contributed by atoms with Crippen molar-refractivity contribution in [2.24, 2.45) is 5.73 Å². The van der Waals surface area contributed by atoms with Crippen molar-refractivity contribution in [2.75, 3.05) is 26.4 Å². The van der Waals surface area contributed by atoms with Crippen LogP contribution < -0.4 is 27.2 Å². The van der Waals surface area contributed by atoms with Gasteiger partial charge in [0.15, 0.2) is 6.10 Å². The van der Waals surface area contributed by atoms with E-state index in [0.29, 0.717) is 48.3 Å². The van der Waals surface area contributed by atoms with E-state index in [0.717, 1.165) is 16.5 Å². The van der Waals surface area contributed by atoms with Crippen molar-refractivity contribution in [3.8, 4) is 11.4 Å². The second kappa shape index (κ2) is 18.3. The summed E-state index contributed by atoms with van der Waals surface area (Å²) in [5.41, 5.74) is 8.76. The molecule has 0 bridgehead atoms. The number of esters is 1. The van der Waals surface area contributed by atoms with E-state index in [-0.39, 0.29) is 49.7 Å². The molecule has 3 aromatic rings. The zero-order valence-electron chi connectivity index (χ0n) is 29.4. The maximum atomic E-state index is 14.6. The van der Waals surface area contributed by atoms with Crippen LogP contribution in [0.15, 0.2) is 23.0 Å². The van der Waals surface area contributed by atoms with Crippen LogP contribution in [0.3, 0.4) is 0 Å². The van der Waals surface area contributed by atoms with Crippen molar-refractivity contribution in [1.29, 1.82) is 0 Å². The zero-order chi connectivity index (χ0) is 37.1. The van der Waals surface area contributed by atoms with Crippen LogP contribution in [-0.4, -0.2) is 70.8 Å². The number of hydrogen-bond donors (Lipinski definition) is 5. The first-order valence-electron chi connectivity index (χ1n) is 16.8. The Morgan fingerprint density at radius 3 is 2.52 bits per heavy atom. The predicted molar refractivity (Wildman–Crippen MR) is 184 cm³/mol. The number of pyridine rings is 2. The molecule has 14 nitrogen and oxygen atoms in total. The summed E-state index contributed by atoms with van der Waals surface area (Å²) in [5.74, 6) is -2.71. The second-order valence-electron chi connectivity index (χ2n) is 11.2. The van der Waals surface area contributed by atoms with Crippen molar-refractivity contribution < 1.29 is 38.1 Å². The van der Waals surface area contributed by atoms with Crippen LogP contribution in [0.4, 0.5) is 4.39 Å². The summed E-state index contributed by atoms with van der Waals surface area (Å²) in [7, 11) is 0. The van der Waals surface area contributed by atoms with Crippen molar-refractivity contribution in [1.82, 2.24) is 25.5 Å². The van der Waals surface area contributed by atoms with Crippen LogP contribution in [0, 0.1) is 12.7 Å². The van der Waals surface area contributed by atoms with Crippen LogP contribution in [0.25, 0.3) is 22.3 Å². The number of rotatable bonds is 12. The molecule has 15 heteroatoms. The number of nitrogens with two attached hydrogens (primary N) is 1. The molecule has 2 aliphatic heterocycles. The highest BCUT2D eigenvalue weighted by Crippen LogP contribution is 2.38. The predicted octanol–water partition coefficient (Wildman–Crippen LogP) is 2.01. The SMILES string of the molecule is CC.CC.Cc1cc2c(CCCCOCNC(=O)[C@H](C)NC(=O)CNC(=O)CN)c3c(nc2cc1F)-c1cc2c(c(=O)n1C3)COC(=O)C2O. The lowest BCUT2D eigenvalue weighted by molar-refractivity contribution is -0.157. The third-order valence-corrected chi connectivity index (χ3v) is 8.07. The number of halogens is 1. The molecular weight excluding hydrogens is 651 g/mol. The molecule has 0 fully saturated rings. The normalized spacial score (nSPS) is 14.4. The van der Waals surface area contributed by atoms with Gasteiger partial charge in [0.1, 0.15) is 25.2 Å². The number of hydrogen-bond acceptors (Lipinski definition) is 10. The summed E-state index contributed by atoms with van der Waals surface area (Å²) in [6.45, 7) is 10.9. The standard InChI is InChI=1S/C31H35FN6O8.2C2H6/c1-15-7-18-17(5-3-4-6-45-14-35-29(42)16(2)36-26(40)11-34-25(39)10-33)20-12-38-24(27(20)37-23(18)9-22(15)32)8-19-21(30(38)43)13-46-31(44)28(19)41;2*1-2/h7-9,16,28,41H,3-6,10-14,33H2,1-2H3,(H,34,39)(H,35,42)(H,36,40);2*1-2H3/t16-,28?;;/m0../s1. The van der Waals surface area contributed by atoms with Gasteiger partial charge in [-0.15, -0.1) is 0 Å². The van der Waals surface area contributed by atoms with Gasteiger partial charge in [-0.2, -0.15) is 0 Å². The van der Waals surface area contributed by atoms with E-state index in [2.05, 4.69) is 16.0 Å². The Morgan fingerprint density at radius 1 is 1.10 bits per heavy atom. The first-order chi connectivity index (χ1) is 24.0. The summed E-state index contributed by atoms with van der Waals surface area (Å²) < 4.78 is 26.7. The average molecular weight is 699 g/mol. The molecule has 4 heterocycles. The van der Waals surface area contributed by atoms with Crippen molar-refractivity contribution >= 4 is 34.6 Å². The fraction of sp³-hybridized carbons (Fsp3) is 0.486. The van der Waals surface area contributed by atoms with Crippen molar-refractivity contribution in [3.05, 3.63) is 62.2 Å². The number of unbranched alkanes of at least 4 members (excludes halogenated alkanes) is 1. The number of aliphatic hydroxyl groups is 1. The Hall–Kier alpha value is -4.73. The number of nitrogens with one attached hydrogen (secondary N) is 3. The Labute approximate surface area is 289 Å². The summed E-state index contributed by atoms with van der Waals surface area (Å²) in [4.78, 5) is 65.4. The second-order valence-corrected chi connectivity index (χ2v) is 11.2. The number of carbonyl (C=O) groups excluding carboxylic acids is 4.